The van der Waals surface area contributed by atoms with E-state index < -0.39 is 23.4 Å². The van der Waals surface area contributed by atoms with Gasteiger partial charge in [-0.2, -0.15) is 13.2 Å². The largest absolute Gasteiger partial charge is 0.437 e. The summed E-state index contributed by atoms with van der Waals surface area (Å²) < 4.78 is 38.3. The molecule has 23 heavy (non-hydrogen) atoms. The molecule has 3 heterocycles. The van der Waals surface area contributed by atoms with Crippen molar-refractivity contribution in [3.8, 4) is 0 Å². The highest BCUT2D eigenvalue weighted by Crippen LogP contribution is 2.32. The maximum Gasteiger partial charge on any atom is 0.437 e. The van der Waals surface area contributed by atoms with Crippen LogP contribution < -0.4 is 4.90 Å². The van der Waals surface area contributed by atoms with Crippen molar-refractivity contribution in [2.24, 2.45) is 5.16 Å². The number of Topliss-reactive ketones (excluding diaryl/α,β-unsaturated/α-hetero) is 1. The fourth-order valence-corrected chi connectivity index (χ4v) is 3.32. The SMILES string of the molecule is O=C1CCN(c2ccc(/C=C3\C(=O)ON=C3C(F)(F)F)s2)CC1. The highest BCUT2D eigenvalue weighted by atomic mass is 32.1. The van der Waals surface area contributed by atoms with Crippen LogP contribution in [-0.2, 0) is 14.4 Å². The van der Waals surface area contributed by atoms with Crippen molar-refractivity contribution in [3.05, 3.63) is 22.6 Å². The van der Waals surface area contributed by atoms with Crippen molar-refractivity contribution in [3.63, 3.8) is 0 Å². The minimum absolute atomic E-state index is 0.208. The summed E-state index contributed by atoms with van der Waals surface area (Å²) in [5.74, 6) is -0.907. The van der Waals surface area contributed by atoms with E-state index in [1.807, 2.05) is 4.90 Å². The molecule has 1 aromatic heterocycles. The van der Waals surface area contributed by atoms with E-state index in [-0.39, 0.29) is 5.78 Å². The zero-order chi connectivity index (χ0) is 16.6. The Morgan fingerprint density at radius 2 is 1.91 bits per heavy atom. The Bertz CT molecular complexity index is 711. The number of anilines is 1. The molecule has 1 aromatic rings. The molecule has 0 aromatic carbocycles. The average molecular weight is 344 g/mol. The normalized spacial score (nSPS) is 20.9. The summed E-state index contributed by atoms with van der Waals surface area (Å²) in [5.41, 5.74) is -1.92. The van der Waals surface area contributed by atoms with Gasteiger partial charge in [-0.25, -0.2) is 4.79 Å². The van der Waals surface area contributed by atoms with Gasteiger partial charge in [0.2, 0.25) is 0 Å². The van der Waals surface area contributed by atoms with Crippen molar-refractivity contribution in [2.45, 2.75) is 19.0 Å². The highest BCUT2D eigenvalue weighted by molar-refractivity contribution is 7.17. The van der Waals surface area contributed by atoms with Crippen LogP contribution in [0.5, 0.6) is 0 Å². The second-order valence-electron chi connectivity index (χ2n) is 5.08. The molecule has 0 atom stereocenters. The van der Waals surface area contributed by atoms with Crippen LogP contribution in [0.3, 0.4) is 0 Å². The molecule has 2 aliphatic rings. The van der Waals surface area contributed by atoms with E-state index in [9.17, 15) is 22.8 Å². The Kier molecular flexibility index (Phi) is 3.97. The molecule has 0 radical (unpaired) electrons. The number of nitrogens with zero attached hydrogens (tertiary/aromatic N) is 2. The standard InChI is InChI=1S/C14H11F3N2O3S/c15-14(16,17)12-10(13(21)22-18-12)7-9-1-2-11(23-9)19-5-3-8(20)4-6-19/h1-2,7H,3-6H2/b10-7-. The predicted molar refractivity (Wildman–Crippen MR) is 78.3 cm³/mol. The highest BCUT2D eigenvalue weighted by Gasteiger charge is 2.45. The number of alkyl halides is 3. The molecule has 122 valence electrons. The van der Waals surface area contributed by atoms with Crippen LogP contribution in [0.25, 0.3) is 6.08 Å². The van der Waals surface area contributed by atoms with Crippen LogP contribution >= 0.6 is 11.3 Å². The van der Waals surface area contributed by atoms with Gasteiger partial charge in [0, 0.05) is 30.8 Å². The van der Waals surface area contributed by atoms with Crippen molar-refractivity contribution in [1.29, 1.82) is 0 Å². The van der Waals surface area contributed by atoms with E-state index in [0.717, 1.165) is 11.1 Å². The second kappa shape index (κ2) is 5.80. The minimum atomic E-state index is -4.74. The van der Waals surface area contributed by atoms with Gasteiger partial charge in [0.1, 0.15) is 5.78 Å². The molecule has 0 amide bonds. The Morgan fingerprint density at radius 1 is 1.22 bits per heavy atom. The number of rotatable bonds is 2. The summed E-state index contributed by atoms with van der Waals surface area (Å²) in [6, 6.07) is 3.39. The van der Waals surface area contributed by atoms with E-state index in [1.54, 1.807) is 12.1 Å². The third kappa shape index (κ3) is 3.29. The molecule has 0 saturated carbocycles. The van der Waals surface area contributed by atoms with Gasteiger partial charge < -0.3 is 9.74 Å². The number of thiophene rings is 1. The maximum absolute atomic E-state index is 12.8. The number of carbonyl (C=O) groups excluding carboxylic acids is 2. The Morgan fingerprint density at radius 3 is 2.57 bits per heavy atom. The molecular formula is C14H11F3N2O3S. The number of piperidine rings is 1. The first-order valence-corrected chi connectivity index (χ1v) is 7.61. The molecule has 1 saturated heterocycles. The van der Waals surface area contributed by atoms with Crippen LogP contribution in [0.2, 0.25) is 0 Å². The third-order valence-corrected chi connectivity index (χ3v) is 4.59. The first-order valence-electron chi connectivity index (χ1n) is 6.79. The molecule has 0 unspecified atom stereocenters. The summed E-state index contributed by atoms with van der Waals surface area (Å²) >= 11 is 1.25. The molecule has 1 fully saturated rings. The van der Waals surface area contributed by atoms with Gasteiger partial charge in [-0.1, -0.05) is 5.16 Å². The topological polar surface area (TPSA) is 59.0 Å². The number of oxime groups is 1. The van der Waals surface area contributed by atoms with Crippen molar-refractivity contribution < 1.29 is 27.6 Å². The molecule has 0 N–H and O–H groups in total. The van der Waals surface area contributed by atoms with Crippen molar-refractivity contribution in [1.82, 2.24) is 0 Å². The lowest BCUT2D eigenvalue weighted by molar-refractivity contribution is -0.136. The molecule has 0 bridgehead atoms. The van der Waals surface area contributed by atoms with E-state index in [0.29, 0.717) is 30.8 Å². The molecule has 2 aliphatic heterocycles. The molecule has 9 heteroatoms. The number of hydrogen-bond donors (Lipinski definition) is 0. The lowest BCUT2D eigenvalue weighted by atomic mass is 10.1. The van der Waals surface area contributed by atoms with Gasteiger partial charge in [-0.3, -0.25) is 4.79 Å². The summed E-state index contributed by atoms with van der Waals surface area (Å²) in [5, 5.41) is 3.65. The summed E-state index contributed by atoms with van der Waals surface area (Å²) in [4.78, 5) is 29.3. The van der Waals surface area contributed by atoms with Gasteiger partial charge in [0.05, 0.1) is 10.6 Å². The van der Waals surface area contributed by atoms with Gasteiger partial charge >= 0.3 is 12.1 Å². The van der Waals surface area contributed by atoms with Crippen LogP contribution in [0, 0.1) is 0 Å². The van der Waals surface area contributed by atoms with Crippen LogP contribution in [0.1, 0.15) is 17.7 Å². The molecular weight excluding hydrogens is 333 g/mol. The van der Waals surface area contributed by atoms with E-state index >= 15 is 0 Å². The number of hydrogen-bond acceptors (Lipinski definition) is 6. The Labute approximate surface area is 133 Å². The lowest BCUT2D eigenvalue weighted by Crippen LogP contribution is -2.33. The summed E-state index contributed by atoms with van der Waals surface area (Å²) in [6.07, 6.45) is -2.69. The Balaban J connectivity index is 1.82. The smallest absolute Gasteiger partial charge is 0.363 e. The van der Waals surface area contributed by atoms with E-state index in [2.05, 4.69) is 9.99 Å². The molecule has 3 rings (SSSR count). The number of carbonyl (C=O) groups is 2. The number of ketones is 1. The van der Waals surface area contributed by atoms with Crippen LogP contribution in [0.4, 0.5) is 18.2 Å². The first-order chi connectivity index (χ1) is 10.8. The van der Waals surface area contributed by atoms with Gasteiger partial charge in [-0.15, -0.1) is 11.3 Å². The van der Waals surface area contributed by atoms with Gasteiger partial charge in [0.25, 0.3) is 0 Å². The van der Waals surface area contributed by atoms with Crippen LogP contribution in [-0.4, -0.2) is 36.7 Å². The third-order valence-electron chi connectivity index (χ3n) is 3.50. The minimum Gasteiger partial charge on any atom is -0.363 e. The zero-order valence-electron chi connectivity index (χ0n) is 11.7. The maximum atomic E-state index is 12.8. The average Bonchev–Trinajstić information content (AvgIpc) is 3.08. The molecule has 5 nitrogen and oxygen atoms in total. The van der Waals surface area contributed by atoms with Crippen molar-refractivity contribution >= 4 is 39.9 Å². The fraction of sp³-hybridized carbons (Fsp3) is 0.357. The quantitative estimate of drug-likeness (QED) is 0.611. The molecule has 0 spiro atoms. The van der Waals surface area contributed by atoms with Gasteiger partial charge in [-0.05, 0) is 18.2 Å². The first kappa shape index (κ1) is 15.7. The number of halogens is 3. The second-order valence-corrected chi connectivity index (χ2v) is 6.17. The van der Waals surface area contributed by atoms with E-state index in [1.165, 1.54) is 11.3 Å². The summed E-state index contributed by atoms with van der Waals surface area (Å²) in [6.45, 7) is 1.18. The fourth-order valence-electron chi connectivity index (χ4n) is 2.32. The predicted octanol–water partition coefficient (Wildman–Crippen LogP) is 2.78. The molecule has 0 aliphatic carbocycles. The summed E-state index contributed by atoms with van der Waals surface area (Å²) in [7, 11) is 0. The lowest BCUT2D eigenvalue weighted by Gasteiger charge is -2.26. The van der Waals surface area contributed by atoms with Crippen molar-refractivity contribution in [2.75, 3.05) is 18.0 Å². The zero-order valence-corrected chi connectivity index (χ0v) is 12.5. The van der Waals surface area contributed by atoms with Crippen LogP contribution in [0.15, 0.2) is 22.9 Å². The monoisotopic (exact) mass is 344 g/mol. The van der Waals surface area contributed by atoms with E-state index in [4.69, 9.17) is 0 Å². The Hall–Kier alpha value is -2.16. The van der Waals surface area contributed by atoms with Gasteiger partial charge in [0.15, 0.2) is 5.71 Å².